The summed E-state index contributed by atoms with van der Waals surface area (Å²) in [5.41, 5.74) is -0.300. The molecule has 0 aromatic rings. The Morgan fingerprint density at radius 3 is 1.43 bits per heavy atom. The van der Waals surface area contributed by atoms with Crippen LogP contribution in [0, 0.1) is 0 Å². The van der Waals surface area contributed by atoms with E-state index in [1.54, 1.807) is 0 Å². The van der Waals surface area contributed by atoms with E-state index in [4.69, 9.17) is 0 Å². The van der Waals surface area contributed by atoms with Crippen LogP contribution in [0.5, 0.6) is 0 Å². The lowest BCUT2D eigenvalue weighted by Gasteiger charge is -2.25. The Bertz CT molecular complexity index is 801. The predicted octanol–water partition coefficient (Wildman–Crippen LogP) is 12.3. The molecule has 0 radical (unpaired) electrons. The maximum atomic E-state index is 12.8. The first-order chi connectivity index (χ1) is 22.6. The number of carbonyl (C=O) groups is 1. The average Bonchev–Trinajstić information content (AvgIpc) is 3.36. The molecule has 1 amide bonds. The first-order valence-corrected chi connectivity index (χ1v) is 20.6. The zero-order chi connectivity index (χ0) is 33.4. The zero-order valence-electron chi connectivity index (χ0n) is 31.6. The van der Waals surface area contributed by atoms with E-state index in [1.807, 2.05) is 0 Å². The van der Waals surface area contributed by atoms with Gasteiger partial charge in [-0.15, -0.1) is 0 Å². The van der Waals surface area contributed by atoms with Crippen molar-refractivity contribution < 1.29 is 9.37 Å². The van der Waals surface area contributed by atoms with E-state index >= 15 is 0 Å². The summed E-state index contributed by atoms with van der Waals surface area (Å²) in [4.78, 5) is 12.8. The minimum absolute atomic E-state index is 0.207. The number of rotatable bonds is 33. The molecule has 1 rings (SSSR count). The van der Waals surface area contributed by atoms with Crippen molar-refractivity contribution in [3.63, 3.8) is 0 Å². The van der Waals surface area contributed by atoms with Crippen LogP contribution in [-0.2, 0) is 4.79 Å². The molecule has 0 saturated carbocycles. The van der Waals surface area contributed by atoms with Gasteiger partial charge >= 0.3 is 0 Å². The first-order valence-electron chi connectivity index (χ1n) is 20.6. The summed E-state index contributed by atoms with van der Waals surface area (Å²) in [6.07, 6.45) is 46.9. The van der Waals surface area contributed by atoms with Crippen molar-refractivity contribution in [3.8, 4) is 0 Å². The van der Waals surface area contributed by atoms with E-state index in [-0.39, 0.29) is 11.6 Å². The maximum absolute atomic E-state index is 12.8. The molecule has 1 aliphatic rings. The van der Waals surface area contributed by atoms with Gasteiger partial charge in [0.15, 0.2) is 0 Å². The molecule has 0 bridgehead atoms. The summed E-state index contributed by atoms with van der Waals surface area (Å²) in [5, 5.41) is 7.02. The monoisotopic (exact) mass is 643 g/mol. The molecule has 2 N–H and O–H groups in total. The highest BCUT2D eigenvalue weighted by atomic mass is 16.1. The summed E-state index contributed by atoms with van der Waals surface area (Å²) >= 11 is 0. The number of allylic oxidation sites excluding steroid dienone is 4. The summed E-state index contributed by atoms with van der Waals surface area (Å²) in [6.45, 7) is 10.7. The summed E-state index contributed by atoms with van der Waals surface area (Å²) in [5.74, 6) is 1.53. The summed E-state index contributed by atoms with van der Waals surface area (Å²) < 4.78 is 2.41. The molecular weight excluding hydrogens is 562 g/mol. The third-order valence-electron chi connectivity index (χ3n) is 9.87. The normalized spacial score (nSPS) is 16.7. The fourth-order valence-electron chi connectivity index (χ4n) is 6.90. The molecule has 0 spiro atoms. The number of amides is 1. The highest BCUT2D eigenvalue weighted by Crippen LogP contribution is 2.17. The van der Waals surface area contributed by atoms with Gasteiger partial charge in [-0.25, -0.2) is 4.58 Å². The largest absolute Gasteiger partial charge is 0.312 e. The molecule has 1 aliphatic heterocycles. The molecule has 0 saturated heterocycles. The molecule has 1 atom stereocenters. The molecule has 0 aromatic heterocycles. The summed E-state index contributed by atoms with van der Waals surface area (Å²) in [7, 11) is 0. The maximum Gasteiger partial charge on any atom is 0.246 e. The molecule has 1 heterocycles. The van der Waals surface area contributed by atoms with Gasteiger partial charge in [0.2, 0.25) is 17.4 Å². The van der Waals surface area contributed by atoms with Crippen LogP contribution in [0.15, 0.2) is 24.3 Å². The predicted molar refractivity (Wildman–Crippen MR) is 204 cm³/mol. The standard InChI is InChI=1S/C42H79N3O/c1-5-8-10-12-14-16-18-20-22-24-25-27-29-31-33-35-37-40-43-39-42(4,45(40)7-3)44-41(46)38-36-34-32-30-28-26-23-21-19-17-15-13-11-9-6-2/h20-23H,5-19,24-39H2,1-4H3,(H,44,46)/p+1/b22-20-,23-21-. The third kappa shape index (κ3) is 22.9. The topological polar surface area (TPSA) is 44.1 Å². The van der Waals surface area contributed by atoms with Crippen LogP contribution in [0.2, 0.25) is 0 Å². The Balaban J connectivity index is 2.07. The first kappa shape index (κ1) is 42.4. The fourth-order valence-corrected chi connectivity index (χ4v) is 6.90. The minimum Gasteiger partial charge on any atom is -0.312 e. The number of carbonyl (C=O) groups excluding carboxylic acids is 1. The molecule has 0 aromatic carbocycles. The van der Waals surface area contributed by atoms with Gasteiger partial charge in [-0.1, -0.05) is 147 Å². The smallest absolute Gasteiger partial charge is 0.246 e. The summed E-state index contributed by atoms with van der Waals surface area (Å²) in [6, 6.07) is 0. The van der Waals surface area contributed by atoms with Crippen LogP contribution >= 0.6 is 0 Å². The van der Waals surface area contributed by atoms with Crippen molar-refractivity contribution in [2.75, 3.05) is 13.1 Å². The third-order valence-corrected chi connectivity index (χ3v) is 9.87. The minimum atomic E-state index is -0.300. The molecular formula is C42H80N3O+. The second kappa shape index (κ2) is 30.7. The SMILES string of the molecule is CCCCCCCC/C=C\CCCCCCCCC1=[N+](CC)C(C)(NC(=O)CCCCCCC/C=C\CCCCCCCC)CN1. The van der Waals surface area contributed by atoms with E-state index in [0.29, 0.717) is 6.42 Å². The van der Waals surface area contributed by atoms with Gasteiger partial charge in [0, 0.05) is 19.8 Å². The Morgan fingerprint density at radius 1 is 0.609 bits per heavy atom. The van der Waals surface area contributed by atoms with Crippen LogP contribution in [0.4, 0.5) is 0 Å². The van der Waals surface area contributed by atoms with Crippen LogP contribution in [-0.4, -0.2) is 35.1 Å². The van der Waals surface area contributed by atoms with Gasteiger partial charge in [-0.05, 0) is 71.1 Å². The molecule has 0 fully saturated rings. The second-order valence-corrected chi connectivity index (χ2v) is 14.4. The van der Waals surface area contributed by atoms with Crippen molar-refractivity contribution in [1.82, 2.24) is 10.6 Å². The Hall–Kier alpha value is -1.58. The number of hydrogen-bond acceptors (Lipinski definition) is 2. The Kier molecular flexibility index (Phi) is 28.4. The lowest BCUT2D eigenvalue weighted by atomic mass is 10.1. The van der Waals surface area contributed by atoms with Crippen molar-refractivity contribution in [2.24, 2.45) is 0 Å². The van der Waals surface area contributed by atoms with Gasteiger partial charge in [0.1, 0.15) is 6.54 Å². The van der Waals surface area contributed by atoms with Crippen LogP contribution in [0.1, 0.15) is 214 Å². The van der Waals surface area contributed by atoms with Gasteiger partial charge in [0.25, 0.3) is 0 Å². The van der Waals surface area contributed by atoms with Gasteiger partial charge in [-0.3, -0.25) is 10.1 Å². The number of nitrogens with one attached hydrogen (secondary N) is 2. The van der Waals surface area contributed by atoms with E-state index in [1.165, 1.54) is 166 Å². The van der Waals surface area contributed by atoms with Gasteiger partial charge in [-0.2, -0.15) is 0 Å². The zero-order valence-corrected chi connectivity index (χ0v) is 31.6. The van der Waals surface area contributed by atoms with Crippen LogP contribution in [0.3, 0.4) is 0 Å². The number of unbranched alkanes of at least 4 members (excludes halogenated alkanes) is 23. The fraction of sp³-hybridized carbons (Fsp3) is 0.857. The highest BCUT2D eigenvalue weighted by Gasteiger charge is 2.42. The number of amidine groups is 1. The molecule has 0 aliphatic carbocycles. The number of likely N-dealkylation sites (N-methyl/N-ethyl adjacent to an activating group) is 1. The van der Waals surface area contributed by atoms with Crippen LogP contribution in [0.25, 0.3) is 0 Å². The van der Waals surface area contributed by atoms with Crippen LogP contribution < -0.4 is 10.6 Å². The van der Waals surface area contributed by atoms with E-state index in [9.17, 15) is 4.79 Å². The van der Waals surface area contributed by atoms with E-state index in [0.717, 1.165) is 32.4 Å². The van der Waals surface area contributed by atoms with Crippen molar-refractivity contribution in [1.29, 1.82) is 0 Å². The average molecular weight is 643 g/mol. The second-order valence-electron chi connectivity index (χ2n) is 14.4. The van der Waals surface area contributed by atoms with Crippen molar-refractivity contribution in [2.45, 2.75) is 220 Å². The molecule has 46 heavy (non-hydrogen) atoms. The molecule has 4 heteroatoms. The lowest BCUT2D eigenvalue weighted by molar-refractivity contribution is -0.596. The van der Waals surface area contributed by atoms with Gasteiger partial charge < -0.3 is 5.32 Å². The molecule has 268 valence electrons. The highest BCUT2D eigenvalue weighted by molar-refractivity contribution is 5.80. The van der Waals surface area contributed by atoms with E-state index in [2.05, 4.69) is 67.2 Å². The van der Waals surface area contributed by atoms with Crippen molar-refractivity contribution in [3.05, 3.63) is 24.3 Å². The van der Waals surface area contributed by atoms with Crippen molar-refractivity contribution >= 4 is 11.7 Å². The quantitative estimate of drug-likeness (QED) is 0.0425. The molecule has 4 nitrogen and oxygen atoms in total. The Labute approximate surface area is 288 Å². The van der Waals surface area contributed by atoms with E-state index < -0.39 is 0 Å². The Morgan fingerprint density at radius 2 is 1.00 bits per heavy atom. The van der Waals surface area contributed by atoms with Gasteiger partial charge in [0.05, 0.1) is 6.54 Å². The number of nitrogens with zero attached hydrogens (tertiary/aromatic N) is 1. The lowest BCUT2D eigenvalue weighted by Crippen LogP contribution is -2.55. The molecule has 1 unspecified atom stereocenters. The number of hydrogen-bond donors (Lipinski definition) is 2.